The minimum absolute atomic E-state index is 0.0434. The van der Waals surface area contributed by atoms with Crippen LogP contribution in [0.5, 0.6) is 0 Å². The molecule has 0 spiro atoms. The summed E-state index contributed by atoms with van der Waals surface area (Å²) >= 11 is 24.5. The van der Waals surface area contributed by atoms with Crippen LogP contribution >= 0.6 is 46.4 Å². The summed E-state index contributed by atoms with van der Waals surface area (Å²) in [5, 5.41) is 41.4. The van der Waals surface area contributed by atoms with E-state index in [0.717, 1.165) is 0 Å². The van der Waals surface area contributed by atoms with Crippen molar-refractivity contribution in [3.63, 3.8) is 0 Å². The second kappa shape index (κ2) is 9.09. The monoisotopic (exact) mass is 438 g/mol. The number of benzene rings is 2. The molecule has 0 unspecified atom stereocenters. The quantitative estimate of drug-likeness (QED) is 0.539. The largest absolute Gasteiger partial charge is 0.390 e. The number of aliphatic hydroxyl groups is 4. The van der Waals surface area contributed by atoms with Crippen LogP contribution in [0.25, 0.3) is 0 Å². The molecule has 8 heteroatoms. The van der Waals surface area contributed by atoms with Crippen molar-refractivity contribution in [3.05, 3.63) is 67.1 Å². The first-order valence-electron chi connectivity index (χ1n) is 7.78. The van der Waals surface area contributed by atoms with Crippen LogP contribution in [0.15, 0.2) is 30.3 Å². The summed E-state index contributed by atoms with van der Waals surface area (Å²) < 4.78 is 0. The maximum atomic E-state index is 10.4. The van der Waals surface area contributed by atoms with Gasteiger partial charge in [0.25, 0.3) is 0 Å². The third-order valence-corrected chi connectivity index (χ3v) is 5.48. The molecule has 0 saturated heterocycles. The molecular formula is C18H18Cl4O4. The third kappa shape index (κ3) is 4.64. The molecule has 0 amide bonds. The molecule has 0 aliphatic heterocycles. The van der Waals surface area contributed by atoms with Gasteiger partial charge in [-0.05, 0) is 30.7 Å². The topological polar surface area (TPSA) is 80.9 Å². The third-order valence-electron chi connectivity index (χ3n) is 4.05. The number of hydrogen-bond acceptors (Lipinski definition) is 4. The molecule has 0 aliphatic carbocycles. The number of hydrogen-bond donors (Lipinski definition) is 4. The number of aliphatic hydroxyl groups excluding tert-OH is 4. The Morgan fingerprint density at radius 1 is 0.769 bits per heavy atom. The van der Waals surface area contributed by atoms with E-state index in [2.05, 4.69) is 0 Å². The first kappa shape index (κ1) is 21.7. The van der Waals surface area contributed by atoms with Crippen LogP contribution in [-0.4, -0.2) is 32.6 Å². The lowest BCUT2D eigenvalue weighted by molar-refractivity contribution is 0.0188. The van der Waals surface area contributed by atoms with E-state index in [-0.39, 0.29) is 37.6 Å². The molecule has 2 aromatic rings. The molecule has 4 N–H and O–H groups in total. The highest BCUT2D eigenvalue weighted by atomic mass is 35.5. The molecule has 0 bridgehead atoms. The Morgan fingerprint density at radius 2 is 1.31 bits per heavy atom. The molecular weight excluding hydrogens is 422 g/mol. The zero-order valence-electron chi connectivity index (χ0n) is 13.7. The van der Waals surface area contributed by atoms with Gasteiger partial charge in [-0.25, -0.2) is 0 Å². The standard InChI is InChI=1S/C18H18Cl4O4/c1-8(23)17(25)15-12(21)6-5-9(16(15)22)7-13(24)18(26)14-10(19)3-2-4-11(14)20/h2-6,8,13,17-18,23-26H,7H2,1H3/t8-,13+,17+,18-/m1/s1. The van der Waals surface area contributed by atoms with Crippen molar-refractivity contribution in [1.82, 2.24) is 0 Å². The van der Waals surface area contributed by atoms with Crippen molar-refractivity contribution >= 4 is 46.4 Å². The van der Waals surface area contributed by atoms with Crippen LogP contribution in [-0.2, 0) is 6.42 Å². The van der Waals surface area contributed by atoms with Gasteiger partial charge in [0.2, 0.25) is 0 Å². The molecule has 0 radical (unpaired) electrons. The Morgan fingerprint density at radius 3 is 1.85 bits per heavy atom. The normalized spacial score (nSPS) is 16.2. The number of halogens is 4. The average molecular weight is 440 g/mol. The average Bonchev–Trinajstić information content (AvgIpc) is 2.56. The molecule has 142 valence electrons. The van der Waals surface area contributed by atoms with E-state index in [0.29, 0.717) is 5.56 Å². The van der Waals surface area contributed by atoms with Crippen molar-refractivity contribution in [1.29, 1.82) is 0 Å². The van der Waals surface area contributed by atoms with E-state index in [1.807, 2.05) is 0 Å². The molecule has 2 aromatic carbocycles. The SMILES string of the molecule is C[C@@H](O)[C@H](O)c1c(Cl)ccc(C[C@H](O)[C@@H](O)c2c(Cl)cccc2Cl)c1Cl. The molecule has 0 saturated carbocycles. The van der Waals surface area contributed by atoms with Crippen molar-refractivity contribution < 1.29 is 20.4 Å². The highest BCUT2D eigenvalue weighted by molar-refractivity contribution is 6.37. The minimum atomic E-state index is -1.34. The van der Waals surface area contributed by atoms with Crippen molar-refractivity contribution in [3.8, 4) is 0 Å². The fourth-order valence-corrected chi connectivity index (χ4v) is 3.90. The van der Waals surface area contributed by atoms with Crippen molar-refractivity contribution in [2.24, 2.45) is 0 Å². The van der Waals surface area contributed by atoms with E-state index < -0.39 is 24.4 Å². The van der Waals surface area contributed by atoms with Crippen LogP contribution in [0.4, 0.5) is 0 Å². The van der Waals surface area contributed by atoms with Crippen LogP contribution in [0.2, 0.25) is 20.1 Å². The Hall–Kier alpha value is -0.560. The Bertz CT molecular complexity index is 762. The summed E-state index contributed by atoms with van der Waals surface area (Å²) in [4.78, 5) is 0. The predicted octanol–water partition coefficient (Wildman–Crippen LogP) is 4.35. The van der Waals surface area contributed by atoms with Gasteiger partial charge in [0.05, 0.1) is 17.2 Å². The van der Waals surface area contributed by atoms with Crippen LogP contribution in [0.1, 0.15) is 35.8 Å². The van der Waals surface area contributed by atoms with Gasteiger partial charge in [-0.1, -0.05) is 58.5 Å². The molecule has 26 heavy (non-hydrogen) atoms. The first-order chi connectivity index (χ1) is 12.1. The van der Waals surface area contributed by atoms with Gasteiger partial charge in [0.1, 0.15) is 12.2 Å². The second-order valence-electron chi connectivity index (χ2n) is 5.97. The molecule has 4 nitrogen and oxygen atoms in total. The fourth-order valence-electron chi connectivity index (χ4n) is 2.61. The Balaban J connectivity index is 2.32. The van der Waals surface area contributed by atoms with Gasteiger partial charge < -0.3 is 20.4 Å². The van der Waals surface area contributed by atoms with Gasteiger partial charge in [0, 0.05) is 32.6 Å². The van der Waals surface area contributed by atoms with Crippen molar-refractivity contribution in [2.75, 3.05) is 0 Å². The summed E-state index contributed by atoms with van der Waals surface area (Å²) in [7, 11) is 0. The lowest BCUT2D eigenvalue weighted by atomic mass is 9.95. The summed E-state index contributed by atoms with van der Waals surface area (Å²) in [5.41, 5.74) is 0.830. The van der Waals surface area contributed by atoms with E-state index in [4.69, 9.17) is 46.4 Å². The Kier molecular flexibility index (Phi) is 7.60. The molecule has 0 aliphatic rings. The first-order valence-corrected chi connectivity index (χ1v) is 9.29. The summed E-state index contributed by atoms with van der Waals surface area (Å²) in [6.45, 7) is 1.40. The summed E-state index contributed by atoms with van der Waals surface area (Å²) in [6.07, 6.45) is -5.01. The maximum absolute atomic E-state index is 10.4. The zero-order chi connectivity index (χ0) is 19.6. The lowest BCUT2D eigenvalue weighted by Crippen LogP contribution is -2.22. The fraction of sp³-hybridized carbons (Fsp3) is 0.333. The van der Waals surface area contributed by atoms with Crippen LogP contribution < -0.4 is 0 Å². The van der Waals surface area contributed by atoms with E-state index >= 15 is 0 Å². The zero-order valence-corrected chi connectivity index (χ0v) is 16.7. The van der Waals surface area contributed by atoms with Crippen molar-refractivity contribution in [2.45, 2.75) is 37.8 Å². The molecule has 0 heterocycles. The second-order valence-corrected chi connectivity index (χ2v) is 7.57. The van der Waals surface area contributed by atoms with Gasteiger partial charge >= 0.3 is 0 Å². The highest BCUT2D eigenvalue weighted by Crippen LogP contribution is 2.37. The highest BCUT2D eigenvalue weighted by Gasteiger charge is 2.27. The minimum Gasteiger partial charge on any atom is -0.390 e. The van der Waals surface area contributed by atoms with Gasteiger partial charge in [-0.15, -0.1) is 0 Å². The van der Waals surface area contributed by atoms with E-state index in [9.17, 15) is 20.4 Å². The molecule has 2 rings (SSSR count). The Labute approximate surface area is 171 Å². The van der Waals surface area contributed by atoms with Gasteiger partial charge in [0.15, 0.2) is 0 Å². The molecule has 4 atom stereocenters. The summed E-state index contributed by atoms with van der Waals surface area (Å²) in [5.74, 6) is 0. The van der Waals surface area contributed by atoms with Gasteiger partial charge in [-0.3, -0.25) is 0 Å². The molecule has 0 aromatic heterocycles. The smallest absolute Gasteiger partial charge is 0.108 e. The van der Waals surface area contributed by atoms with Crippen LogP contribution in [0.3, 0.4) is 0 Å². The van der Waals surface area contributed by atoms with E-state index in [1.165, 1.54) is 13.0 Å². The summed E-state index contributed by atoms with van der Waals surface area (Å²) in [6, 6.07) is 7.83. The van der Waals surface area contributed by atoms with Crippen LogP contribution in [0, 0.1) is 0 Å². The lowest BCUT2D eigenvalue weighted by Gasteiger charge is -2.23. The molecule has 0 fully saturated rings. The number of rotatable bonds is 6. The maximum Gasteiger partial charge on any atom is 0.108 e. The van der Waals surface area contributed by atoms with Gasteiger partial charge in [-0.2, -0.15) is 0 Å². The predicted molar refractivity (Wildman–Crippen MR) is 104 cm³/mol. The van der Waals surface area contributed by atoms with E-state index in [1.54, 1.807) is 24.3 Å².